The van der Waals surface area contributed by atoms with Crippen molar-refractivity contribution in [2.75, 3.05) is 7.11 Å². The van der Waals surface area contributed by atoms with Gasteiger partial charge in [0.15, 0.2) is 0 Å². The maximum absolute atomic E-state index is 11.6. The summed E-state index contributed by atoms with van der Waals surface area (Å²) in [5, 5.41) is 1.20. The molecule has 1 aliphatic rings. The number of ether oxygens (including phenoxy) is 1. The third kappa shape index (κ3) is 1.86. The molecule has 0 aliphatic heterocycles. The molecular weight excluding hydrogens is 282 g/mol. The summed E-state index contributed by atoms with van der Waals surface area (Å²) in [5.74, 6) is 0.323. The molecule has 1 aliphatic carbocycles. The second-order valence-corrected chi connectivity index (χ2v) is 5.26. The largest absolute Gasteiger partial charge is 0.465 e. The first-order valence-corrected chi connectivity index (χ1v) is 6.39. The summed E-state index contributed by atoms with van der Waals surface area (Å²) in [7, 11) is 1.41. The second-order valence-electron chi connectivity index (χ2n) is 4.41. The Bertz CT molecular complexity index is 599. The smallest absolute Gasteiger partial charge is 0.337 e. The SMILES string of the molecule is COC(=O)c1cc(C2CC2)c2cc(Br)[nH]c2c1. The molecule has 4 heteroatoms. The molecule has 3 nitrogen and oxygen atoms in total. The monoisotopic (exact) mass is 293 g/mol. The summed E-state index contributed by atoms with van der Waals surface area (Å²) < 4.78 is 5.72. The van der Waals surface area contributed by atoms with Crippen molar-refractivity contribution >= 4 is 32.8 Å². The maximum Gasteiger partial charge on any atom is 0.337 e. The van der Waals surface area contributed by atoms with Crippen LogP contribution < -0.4 is 0 Å². The number of rotatable bonds is 2. The van der Waals surface area contributed by atoms with Crippen LogP contribution in [-0.4, -0.2) is 18.1 Å². The Balaban J connectivity index is 2.22. The number of methoxy groups -OCH3 is 1. The minimum Gasteiger partial charge on any atom is -0.465 e. The van der Waals surface area contributed by atoms with Crippen LogP contribution in [0.1, 0.15) is 34.7 Å². The molecule has 0 unspecified atom stereocenters. The van der Waals surface area contributed by atoms with Gasteiger partial charge in [0.2, 0.25) is 0 Å². The Morgan fingerprint density at radius 2 is 2.18 bits per heavy atom. The van der Waals surface area contributed by atoms with Gasteiger partial charge in [0, 0.05) is 10.9 Å². The van der Waals surface area contributed by atoms with E-state index < -0.39 is 0 Å². The minimum atomic E-state index is -0.278. The number of halogens is 1. The van der Waals surface area contributed by atoms with Crippen LogP contribution in [0.2, 0.25) is 0 Å². The van der Waals surface area contributed by atoms with Gasteiger partial charge in [0.25, 0.3) is 0 Å². The van der Waals surface area contributed by atoms with Crippen LogP contribution in [0, 0.1) is 0 Å². The van der Waals surface area contributed by atoms with Gasteiger partial charge < -0.3 is 9.72 Å². The van der Waals surface area contributed by atoms with Crippen molar-refractivity contribution in [1.82, 2.24) is 4.98 Å². The van der Waals surface area contributed by atoms with Crippen LogP contribution in [0.15, 0.2) is 22.8 Å². The van der Waals surface area contributed by atoms with E-state index in [4.69, 9.17) is 4.74 Å². The lowest BCUT2D eigenvalue weighted by Crippen LogP contribution is -2.02. The van der Waals surface area contributed by atoms with Crippen molar-refractivity contribution in [2.45, 2.75) is 18.8 Å². The van der Waals surface area contributed by atoms with Crippen molar-refractivity contribution in [3.8, 4) is 0 Å². The fraction of sp³-hybridized carbons (Fsp3) is 0.308. The van der Waals surface area contributed by atoms with Crippen LogP contribution in [-0.2, 0) is 4.74 Å². The predicted octanol–water partition coefficient (Wildman–Crippen LogP) is 3.59. The van der Waals surface area contributed by atoms with Crippen LogP contribution >= 0.6 is 15.9 Å². The van der Waals surface area contributed by atoms with E-state index in [2.05, 4.69) is 27.0 Å². The molecule has 1 N–H and O–H groups in total. The molecule has 0 saturated heterocycles. The van der Waals surface area contributed by atoms with Gasteiger partial charge in [-0.05, 0) is 58.5 Å². The lowest BCUT2D eigenvalue weighted by molar-refractivity contribution is 0.0601. The van der Waals surface area contributed by atoms with E-state index in [0.29, 0.717) is 11.5 Å². The Labute approximate surface area is 107 Å². The van der Waals surface area contributed by atoms with Gasteiger partial charge in [-0.15, -0.1) is 0 Å². The summed E-state index contributed by atoms with van der Waals surface area (Å²) in [5.41, 5.74) is 2.86. The summed E-state index contributed by atoms with van der Waals surface area (Å²) in [4.78, 5) is 14.8. The van der Waals surface area contributed by atoms with Gasteiger partial charge >= 0.3 is 5.97 Å². The zero-order valence-electron chi connectivity index (χ0n) is 9.42. The highest BCUT2D eigenvalue weighted by Crippen LogP contribution is 2.44. The number of aromatic nitrogens is 1. The third-order valence-electron chi connectivity index (χ3n) is 3.18. The highest BCUT2D eigenvalue weighted by atomic mass is 79.9. The number of aromatic amines is 1. The lowest BCUT2D eigenvalue weighted by Gasteiger charge is -2.05. The van der Waals surface area contributed by atoms with Crippen LogP contribution in [0.4, 0.5) is 0 Å². The van der Waals surface area contributed by atoms with Gasteiger partial charge in [0.05, 0.1) is 17.3 Å². The van der Waals surface area contributed by atoms with Crippen molar-refractivity contribution in [2.24, 2.45) is 0 Å². The number of hydrogen-bond donors (Lipinski definition) is 1. The van der Waals surface area contributed by atoms with Crippen molar-refractivity contribution in [3.63, 3.8) is 0 Å². The minimum absolute atomic E-state index is 0.278. The predicted molar refractivity (Wildman–Crippen MR) is 69.3 cm³/mol. The first-order valence-electron chi connectivity index (χ1n) is 5.59. The number of carbonyl (C=O) groups excluding carboxylic acids is 1. The van der Waals surface area contributed by atoms with E-state index in [1.54, 1.807) is 0 Å². The Hall–Kier alpha value is -1.29. The average Bonchev–Trinajstić information content (AvgIpc) is 3.08. The molecule has 0 radical (unpaired) electrons. The lowest BCUT2D eigenvalue weighted by atomic mass is 10.0. The molecule has 17 heavy (non-hydrogen) atoms. The molecule has 1 fully saturated rings. The summed E-state index contributed by atoms with van der Waals surface area (Å²) in [6.07, 6.45) is 2.42. The molecule has 0 amide bonds. The number of H-pyrrole nitrogens is 1. The van der Waals surface area contributed by atoms with Crippen molar-refractivity contribution in [1.29, 1.82) is 0 Å². The number of carbonyl (C=O) groups is 1. The van der Waals surface area contributed by atoms with Crippen LogP contribution in [0.25, 0.3) is 10.9 Å². The van der Waals surface area contributed by atoms with Crippen molar-refractivity contribution in [3.05, 3.63) is 33.9 Å². The van der Waals surface area contributed by atoms with Gasteiger partial charge in [0.1, 0.15) is 0 Å². The molecule has 1 saturated carbocycles. The van der Waals surface area contributed by atoms with Gasteiger partial charge in [-0.1, -0.05) is 0 Å². The van der Waals surface area contributed by atoms with Crippen LogP contribution in [0.3, 0.4) is 0 Å². The number of benzene rings is 1. The summed E-state index contributed by atoms with van der Waals surface area (Å²) in [6.45, 7) is 0. The quantitative estimate of drug-likeness (QED) is 0.860. The zero-order chi connectivity index (χ0) is 12.0. The van der Waals surface area contributed by atoms with E-state index in [1.807, 2.05) is 12.1 Å². The first kappa shape index (κ1) is 10.8. The molecule has 0 spiro atoms. The molecule has 1 aromatic carbocycles. The zero-order valence-corrected chi connectivity index (χ0v) is 11.0. The van der Waals surface area contributed by atoms with E-state index in [9.17, 15) is 4.79 Å². The van der Waals surface area contributed by atoms with E-state index in [1.165, 1.54) is 30.9 Å². The van der Waals surface area contributed by atoms with Gasteiger partial charge in [-0.3, -0.25) is 0 Å². The van der Waals surface area contributed by atoms with Crippen molar-refractivity contribution < 1.29 is 9.53 Å². The summed E-state index contributed by atoms with van der Waals surface area (Å²) >= 11 is 3.44. The Morgan fingerprint density at radius 1 is 1.41 bits per heavy atom. The molecular formula is C13H12BrNO2. The molecule has 1 heterocycles. The standard InChI is InChI=1S/C13H12BrNO2/c1-17-13(16)8-4-9(7-2-3-7)10-6-12(14)15-11(10)5-8/h4-7,15H,2-3H2,1H3. The highest BCUT2D eigenvalue weighted by molar-refractivity contribution is 9.10. The Morgan fingerprint density at radius 3 is 2.82 bits per heavy atom. The van der Waals surface area contributed by atoms with Crippen LogP contribution in [0.5, 0.6) is 0 Å². The topological polar surface area (TPSA) is 42.1 Å². The Kier molecular flexibility index (Phi) is 2.47. The number of esters is 1. The number of nitrogens with one attached hydrogen (secondary N) is 1. The normalized spacial score (nSPS) is 15.2. The second kappa shape index (κ2) is 3.88. The number of fused-ring (bicyclic) bond motifs is 1. The van der Waals surface area contributed by atoms with Gasteiger partial charge in [-0.2, -0.15) is 0 Å². The molecule has 0 bridgehead atoms. The highest BCUT2D eigenvalue weighted by Gasteiger charge is 2.27. The molecule has 88 valence electrons. The fourth-order valence-electron chi connectivity index (χ4n) is 2.20. The molecule has 0 atom stereocenters. The van der Waals surface area contributed by atoms with Gasteiger partial charge in [-0.25, -0.2) is 4.79 Å². The molecule has 1 aromatic heterocycles. The first-order chi connectivity index (χ1) is 8.19. The van der Waals surface area contributed by atoms with E-state index >= 15 is 0 Å². The maximum atomic E-state index is 11.6. The van der Waals surface area contributed by atoms with E-state index in [-0.39, 0.29) is 5.97 Å². The third-order valence-corrected chi connectivity index (χ3v) is 3.60. The fourth-order valence-corrected chi connectivity index (χ4v) is 2.64. The average molecular weight is 294 g/mol. The molecule has 2 aromatic rings. The number of hydrogen-bond acceptors (Lipinski definition) is 2. The van der Waals surface area contributed by atoms with E-state index in [0.717, 1.165) is 10.1 Å². The molecule has 3 rings (SSSR count). The summed E-state index contributed by atoms with van der Waals surface area (Å²) in [6, 6.07) is 5.88.